The summed E-state index contributed by atoms with van der Waals surface area (Å²) in [7, 11) is 1.77. The molecule has 1 aromatic carbocycles. The number of halogens is 3. The Balaban J connectivity index is 2.35. The second kappa shape index (κ2) is 7.64. The molecule has 0 atom stereocenters. The number of thiophene rings is 1. The fourth-order valence-corrected chi connectivity index (χ4v) is 3.14. The minimum atomic E-state index is -4.36. The molecule has 0 unspecified atom stereocenters. The highest BCUT2D eigenvalue weighted by Gasteiger charge is 2.33. The first kappa shape index (κ1) is 17.5. The Morgan fingerprint density at radius 1 is 1.26 bits per heavy atom. The van der Waals surface area contributed by atoms with Crippen LogP contribution in [0.1, 0.15) is 30.9 Å². The van der Waals surface area contributed by atoms with Crippen LogP contribution in [0.4, 0.5) is 13.2 Å². The maximum atomic E-state index is 13.1. The van der Waals surface area contributed by atoms with Gasteiger partial charge in [0.2, 0.25) is 0 Å². The van der Waals surface area contributed by atoms with Gasteiger partial charge in [0, 0.05) is 35.0 Å². The van der Waals surface area contributed by atoms with E-state index in [1.54, 1.807) is 19.2 Å². The van der Waals surface area contributed by atoms with E-state index in [1.807, 2.05) is 5.38 Å². The van der Waals surface area contributed by atoms with Crippen molar-refractivity contribution in [3.63, 3.8) is 0 Å². The molecule has 0 aliphatic rings. The molecule has 0 radical (unpaired) electrons. The van der Waals surface area contributed by atoms with Gasteiger partial charge in [-0.3, -0.25) is 4.99 Å². The van der Waals surface area contributed by atoms with Gasteiger partial charge in [-0.05, 0) is 18.6 Å². The first-order valence-electron chi connectivity index (χ1n) is 7.45. The molecular weight excluding hydrogens is 321 g/mol. The van der Waals surface area contributed by atoms with Crippen molar-refractivity contribution in [1.82, 2.24) is 5.32 Å². The van der Waals surface area contributed by atoms with E-state index in [9.17, 15) is 13.2 Å². The Morgan fingerprint density at radius 3 is 2.65 bits per heavy atom. The van der Waals surface area contributed by atoms with Crippen molar-refractivity contribution in [3.8, 4) is 10.4 Å². The quantitative estimate of drug-likeness (QED) is 0.451. The van der Waals surface area contributed by atoms with Crippen molar-refractivity contribution in [2.24, 2.45) is 4.99 Å². The van der Waals surface area contributed by atoms with Crippen LogP contribution in [0, 0.1) is 0 Å². The number of hydrogen-bond acceptors (Lipinski definition) is 2. The van der Waals surface area contributed by atoms with Gasteiger partial charge in [-0.15, -0.1) is 11.3 Å². The smallest absolute Gasteiger partial charge is 0.373 e. The van der Waals surface area contributed by atoms with Gasteiger partial charge in [0.05, 0.1) is 5.56 Å². The zero-order valence-electron chi connectivity index (χ0n) is 13.1. The molecule has 0 aliphatic heterocycles. The first-order chi connectivity index (χ1) is 11.0. The number of nitrogens with one attached hydrogen (secondary N) is 1. The maximum absolute atomic E-state index is 13.1. The van der Waals surface area contributed by atoms with Gasteiger partial charge in [0.1, 0.15) is 5.84 Å². The standard InChI is InChI=1S/C17H19F3N2S/c1-3-4-9-22-16(21-2)12-10-15(23-11-12)13-7-5-6-8-14(13)17(18,19)20/h5-8,10-11H,3-4,9H2,1-2H3,(H,21,22). The van der Waals surface area contributed by atoms with Gasteiger partial charge in [-0.2, -0.15) is 13.2 Å². The van der Waals surface area contributed by atoms with Gasteiger partial charge in [0.25, 0.3) is 0 Å². The number of alkyl halides is 3. The number of hydrogen-bond donors (Lipinski definition) is 1. The van der Waals surface area contributed by atoms with Crippen LogP contribution in [-0.2, 0) is 6.18 Å². The van der Waals surface area contributed by atoms with Crippen LogP contribution in [0.2, 0.25) is 0 Å². The van der Waals surface area contributed by atoms with Crippen LogP contribution in [0.5, 0.6) is 0 Å². The van der Waals surface area contributed by atoms with Crippen LogP contribution < -0.4 is 5.32 Å². The Hall–Kier alpha value is -1.82. The van der Waals surface area contributed by atoms with E-state index in [0.29, 0.717) is 17.3 Å². The third-order valence-corrected chi connectivity index (χ3v) is 4.35. The third-order valence-electron chi connectivity index (χ3n) is 3.39. The summed E-state index contributed by atoms with van der Waals surface area (Å²) in [5, 5.41) is 4.86. The average molecular weight is 340 g/mol. The molecule has 1 N–H and O–H groups in total. The summed E-state index contributed by atoms with van der Waals surface area (Å²) in [5.41, 5.74) is 0.420. The molecule has 124 valence electrons. The third kappa shape index (κ3) is 4.34. The lowest BCUT2D eigenvalue weighted by Crippen LogP contribution is -2.19. The van der Waals surface area contributed by atoms with Crippen LogP contribution in [0.3, 0.4) is 0 Å². The predicted octanol–water partition coefficient (Wildman–Crippen LogP) is 5.20. The lowest BCUT2D eigenvalue weighted by atomic mass is 10.1. The highest BCUT2D eigenvalue weighted by molar-refractivity contribution is 7.13. The Bertz CT molecular complexity index is 674. The summed E-state index contributed by atoms with van der Waals surface area (Å²) in [4.78, 5) is 5.06. The van der Waals surface area contributed by atoms with Crippen molar-refractivity contribution in [1.29, 1.82) is 0 Å². The second-order valence-corrected chi connectivity index (χ2v) is 5.99. The zero-order chi connectivity index (χ0) is 16.9. The van der Waals surface area contributed by atoms with E-state index in [1.165, 1.54) is 23.5 Å². The minimum Gasteiger partial charge on any atom is -0.373 e. The molecule has 2 nitrogen and oxygen atoms in total. The van der Waals surface area contributed by atoms with E-state index in [-0.39, 0.29) is 5.56 Å². The molecule has 23 heavy (non-hydrogen) atoms. The SMILES string of the molecule is CCCC/N=C(\NC)c1csc(-c2ccccc2C(F)(F)F)c1. The topological polar surface area (TPSA) is 24.4 Å². The fourth-order valence-electron chi connectivity index (χ4n) is 2.21. The normalized spacial score (nSPS) is 12.5. The van der Waals surface area contributed by atoms with Crippen LogP contribution in [0.15, 0.2) is 40.7 Å². The number of unbranched alkanes of at least 4 members (excludes halogenated alkanes) is 1. The lowest BCUT2D eigenvalue weighted by molar-refractivity contribution is -0.137. The van der Waals surface area contributed by atoms with E-state index in [4.69, 9.17) is 0 Å². The van der Waals surface area contributed by atoms with E-state index in [2.05, 4.69) is 17.2 Å². The van der Waals surface area contributed by atoms with Gasteiger partial charge in [0.15, 0.2) is 0 Å². The van der Waals surface area contributed by atoms with E-state index in [0.717, 1.165) is 24.5 Å². The van der Waals surface area contributed by atoms with Gasteiger partial charge in [-0.1, -0.05) is 31.5 Å². The molecule has 0 saturated carbocycles. The summed E-state index contributed by atoms with van der Waals surface area (Å²) in [6, 6.07) is 7.41. The summed E-state index contributed by atoms with van der Waals surface area (Å²) < 4.78 is 39.4. The number of amidine groups is 1. The molecule has 2 rings (SSSR count). The first-order valence-corrected chi connectivity index (χ1v) is 8.33. The summed E-state index contributed by atoms with van der Waals surface area (Å²) >= 11 is 1.29. The molecule has 1 aromatic heterocycles. The molecule has 0 amide bonds. The molecule has 0 fully saturated rings. The van der Waals surface area contributed by atoms with Crippen molar-refractivity contribution >= 4 is 17.2 Å². The zero-order valence-corrected chi connectivity index (χ0v) is 13.9. The number of rotatable bonds is 5. The predicted molar refractivity (Wildman–Crippen MR) is 90.1 cm³/mol. The molecule has 0 bridgehead atoms. The van der Waals surface area contributed by atoms with E-state index < -0.39 is 11.7 Å². The molecule has 6 heteroatoms. The summed E-state index contributed by atoms with van der Waals surface area (Å²) in [6.45, 7) is 2.79. The van der Waals surface area contributed by atoms with Crippen molar-refractivity contribution in [2.75, 3.05) is 13.6 Å². The molecule has 0 saturated heterocycles. The Morgan fingerprint density at radius 2 is 2.00 bits per heavy atom. The average Bonchev–Trinajstić information content (AvgIpc) is 3.00. The van der Waals surface area contributed by atoms with Crippen molar-refractivity contribution < 1.29 is 13.2 Å². The maximum Gasteiger partial charge on any atom is 0.417 e. The van der Waals surface area contributed by atoms with E-state index >= 15 is 0 Å². The highest BCUT2D eigenvalue weighted by atomic mass is 32.1. The molecular formula is C17H19F3N2S. The molecule has 0 aliphatic carbocycles. The molecule has 0 spiro atoms. The highest BCUT2D eigenvalue weighted by Crippen LogP contribution is 2.39. The number of benzene rings is 1. The lowest BCUT2D eigenvalue weighted by Gasteiger charge is -2.11. The van der Waals surface area contributed by atoms with Gasteiger partial charge >= 0.3 is 6.18 Å². The molecule has 2 aromatic rings. The Labute approximate surface area is 138 Å². The Kier molecular flexibility index (Phi) is 5.82. The van der Waals surface area contributed by atoms with Crippen LogP contribution >= 0.6 is 11.3 Å². The van der Waals surface area contributed by atoms with Crippen molar-refractivity contribution in [3.05, 3.63) is 46.8 Å². The monoisotopic (exact) mass is 340 g/mol. The largest absolute Gasteiger partial charge is 0.417 e. The van der Waals surface area contributed by atoms with Crippen LogP contribution in [0.25, 0.3) is 10.4 Å². The number of nitrogens with zero attached hydrogens (tertiary/aromatic N) is 1. The molecule has 1 heterocycles. The summed E-state index contributed by atoms with van der Waals surface area (Å²) in [5.74, 6) is 0.713. The van der Waals surface area contributed by atoms with Crippen molar-refractivity contribution in [2.45, 2.75) is 25.9 Å². The fraction of sp³-hybridized carbons (Fsp3) is 0.353. The van der Waals surface area contributed by atoms with Crippen LogP contribution in [-0.4, -0.2) is 19.4 Å². The van der Waals surface area contributed by atoms with Gasteiger partial charge < -0.3 is 5.32 Å². The number of aliphatic imine (C=N–C) groups is 1. The second-order valence-electron chi connectivity index (χ2n) is 5.08. The summed E-state index contributed by atoms with van der Waals surface area (Å²) in [6.07, 6.45) is -2.32. The minimum absolute atomic E-state index is 0.209. The van der Waals surface area contributed by atoms with Gasteiger partial charge in [-0.25, -0.2) is 0 Å².